The Hall–Kier alpha value is -8.72. The number of hydrogen-bond donors (Lipinski definition) is 3. The molecule has 5 atom stereocenters. The number of nitro groups is 4. The Morgan fingerprint density at radius 2 is 0.908 bits per heavy atom. The number of halogens is 1. The van der Waals surface area contributed by atoms with Crippen molar-refractivity contribution < 1.29 is 58.2 Å². The van der Waals surface area contributed by atoms with E-state index in [1.807, 2.05) is 20.8 Å². The molecule has 0 spiro atoms. The summed E-state index contributed by atoms with van der Waals surface area (Å²) in [5.41, 5.74) is 4.59. The highest BCUT2D eigenvalue weighted by atomic mass is 79.9. The third kappa shape index (κ3) is 24.8. The lowest BCUT2D eigenvalue weighted by atomic mass is 10.2. The third-order valence-corrected chi connectivity index (χ3v) is 9.11. The molecule has 0 saturated heterocycles. The summed E-state index contributed by atoms with van der Waals surface area (Å²) < 4.78 is 15.2. The summed E-state index contributed by atoms with van der Waals surface area (Å²) in [6.45, 7) is 18.9. The molecule has 5 rings (SSSR count). The molecule has 0 aliphatic rings. The number of alkyl halides is 1. The number of amides is 2. The van der Waals surface area contributed by atoms with E-state index >= 15 is 0 Å². The highest BCUT2D eigenvalue weighted by molar-refractivity contribution is 9.10. The molecule has 5 aromatic rings. The number of anilines is 1. The number of H-pyrrole nitrogens is 1. The fourth-order valence-electron chi connectivity index (χ4n) is 4.78. The number of carbonyl (C=O) groups excluding carboxylic acids is 4. The lowest BCUT2D eigenvalue weighted by molar-refractivity contribution is -0.385. The van der Waals surface area contributed by atoms with Gasteiger partial charge in [0, 0.05) is 34.4 Å². The molecule has 420 valence electrons. The summed E-state index contributed by atoms with van der Waals surface area (Å²) in [6.07, 6.45) is 12.3. The van der Waals surface area contributed by atoms with Crippen LogP contribution in [0, 0.1) is 40.5 Å². The molecule has 0 aromatic carbocycles. The van der Waals surface area contributed by atoms with Crippen molar-refractivity contribution in [3.05, 3.63) is 102 Å². The molecule has 76 heavy (non-hydrogen) atoms. The average Bonchev–Trinajstić information content (AvgIpc) is 4.17. The fraction of sp³-hybridized carbons (Fsp3) is 0.524. The number of nitrogens with zero attached hydrogens (tertiary/aromatic N) is 15. The van der Waals surface area contributed by atoms with E-state index in [2.05, 4.69) is 46.5 Å². The lowest BCUT2D eigenvalue weighted by Crippen LogP contribution is -2.30. The molecule has 5 unspecified atom stereocenters. The standard InChI is InChI=1S/C10H15N3O4.C8H12N4O3.C8H14N4O.C7H13BrO2.C6H7N3O4.C3H3N3O2/c1-7(9(14)17-10(2,3)4)12-6-8(5-11-12)13(15)16;1-6(8(13)10(2)3)11-5-7(4-9-11)12(14)15;1-6(8(13)11(2)3)12-5-7(9)4-10-12;1-5(8)6(9)10-7(2,3)4;1-4(6(10)11)8-3-5(2-7-8)9(12)13;7-6(8)3-1-4-5-2-3/h5-7H,1-4H3;4-6H,1-3H3;4-6H,9H2,1-3H3;5H,1-4H3;2-4H,1H3,(H,10,11);1-2H,(H,4,5). The number of carboxylic acid groups (broad SMARTS) is 1. The van der Waals surface area contributed by atoms with Crippen LogP contribution in [0.15, 0.2) is 62.0 Å². The molecule has 34 heteroatoms. The van der Waals surface area contributed by atoms with Gasteiger partial charge in [0.1, 0.15) is 83.6 Å². The van der Waals surface area contributed by atoms with E-state index < -0.39 is 55.4 Å². The quantitative estimate of drug-likeness (QED) is 0.0596. The van der Waals surface area contributed by atoms with E-state index in [1.54, 1.807) is 87.5 Å². The highest BCUT2D eigenvalue weighted by Gasteiger charge is 2.26. The van der Waals surface area contributed by atoms with Crippen molar-refractivity contribution in [3.8, 4) is 0 Å². The molecule has 4 N–H and O–H groups in total. The van der Waals surface area contributed by atoms with Crippen molar-refractivity contribution in [2.75, 3.05) is 33.9 Å². The van der Waals surface area contributed by atoms with Crippen molar-refractivity contribution in [2.24, 2.45) is 0 Å². The maximum atomic E-state index is 11.7. The van der Waals surface area contributed by atoms with Crippen LogP contribution in [0.4, 0.5) is 28.4 Å². The number of nitrogen functional groups attached to an aromatic ring is 1. The van der Waals surface area contributed by atoms with Crippen molar-refractivity contribution in [1.82, 2.24) is 59.1 Å². The normalized spacial score (nSPS) is 12.5. The van der Waals surface area contributed by atoms with Crippen molar-refractivity contribution in [2.45, 2.75) is 116 Å². The fourth-order valence-corrected chi connectivity index (χ4v) is 4.87. The SMILES string of the molecule is CC(Br)C(=O)OC(C)(C)C.CC(C(=O)N(C)C)n1cc(N)cn1.CC(C(=O)N(C)C)n1cc([N+](=O)[O-])cn1.CC(C(=O)O)n1cc([N+](=O)[O-])cn1.CC(C(=O)OC(C)(C)C)n1cc([N+](=O)[O-])cn1.O=[N+]([O-])c1cn[nH]c1. The topological polar surface area (TPSA) is 429 Å². The van der Waals surface area contributed by atoms with Gasteiger partial charge in [0.15, 0.2) is 0 Å². The Bertz CT molecular complexity index is 2700. The molecule has 0 aliphatic carbocycles. The van der Waals surface area contributed by atoms with Gasteiger partial charge in [-0.3, -0.25) is 78.7 Å². The van der Waals surface area contributed by atoms with Crippen molar-refractivity contribution in [1.29, 1.82) is 0 Å². The molecule has 0 radical (unpaired) electrons. The maximum Gasteiger partial charge on any atom is 0.331 e. The minimum absolute atomic E-state index is 0.00287. The zero-order chi connectivity index (χ0) is 59.2. The minimum atomic E-state index is -1.09. The van der Waals surface area contributed by atoms with Crippen LogP contribution < -0.4 is 5.73 Å². The van der Waals surface area contributed by atoms with E-state index in [4.69, 9.17) is 20.3 Å². The van der Waals surface area contributed by atoms with E-state index in [-0.39, 0.29) is 57.0 Å². The Balaban J connectivity index is 0.000000901. The smallest absolute Gasteiger partial charge is 0.331 e. The van der Waals surface area contributed by atoms with Gasteiger partial charge in [0.25, 0.3) is 0 Å². The number of nitrogens with one attached hydrogen (secondary N) is 1. The number of hydrogen-bond acceptors (Lipinski definition) is 21. The van der Waals surface area contributed by atoms with Crippen LogP contribution in [-0.4, -0.2) is 158 Å². The Kier molecular flexibility index (Phi) is 27.0. The first-order valence-electron chi connectivity index (χ1n) is 22.0. The number of nitrogens with two attached hydrogens (primary N) is 1. The first-order valence-corrected chi connectivity index (χ1v) is 23.0. The second-order valence-corrected chi connectivity index (χ2v) is 19.3. The molecule has 0 aliphatic heterocycles. The molecular weight excluding hydrogens is 1080 g/mol. The molecular formula is C42H64BrN17O16. The van der Waals surface area contributed by atoms with Crippen LogP contribution in [0.3, 0.4) is 0 Å². The van der Waals surface area contributed by atoms with Gasteiger partial charge in [-0.25, -0.2) is 9.59 Å². The molecule has 0 saturated carbocycles. The van der Waals surface area contributed by atoms with E-state index in [0.717, 1.165) is 35.7 Å². The number of carbonyl (C=O) groups is 5. The first-order chi connectivity index (χ1) is 34.8. The summed E-state index contributed by atoms with van der Waals surface area (Å²) in [7, 11) is 6.67. The summed E-state index contributed by atoms with van der Waals surface area (Å²) in [5, 5.41) is 70.2. The second-order valence-electron chi connectivity index (χ2n) is 18.0. The van der Waals surface area contributed by atoms with Crippen LogP contribution >= 0.6 is 15.9 Å². The predicted octanol–water partition coefficient (Wildman–Crippen LogP) is 5.12. The Morgan fingerprint density at radius 1 is 0.579 bits per heavy atom. The van der Waals surface area contributed by atoms with Gasteiger partial charge in [-0.2, -0.15) is 25.5 Å². The largest absolute Gasteiger partial charge is 0.480 e. The summed E-state index contributed by atoms with van der Waals surface area (Å²) in [4.78, 5) is 97.4. The van der Waals surface area contributed by atoms with Crippen LogP contribution in [0.25, 0.3) is 0 Å². The van der Waals surface area contributed by atoms with Crippen molar-refractivity contribution in [3.63, 3.8) is 0 Å². The zero-order valence-electron chi connectivity index (χ0n) is 44.4. The van der Waals surface area contributed by atoms with Gasteiger partial charge < -0.3 is 30.1 Å². The number of likely N-dealkylation sites (N-methyl/N-ethyl adjacent to an activating group) is 2. The van der Waals surface area contributed by atoms with E-state index in [1.165, 1.54) is 50.9 Å². The van der Waals surface area contributed by atoms with Gasteiger partial charge in [-0.1, -0.05) is 15.9 Å². The lowest BCUT2D eigenvalue weighted by Gasteiger charge is -2.22. The molecule has 2 amide bonds. The van der Waals surface area contributed by atoms with Crippen LogP contribution in [0.2, 0.25) is 0 Å². The zero-order valence-corrected chi connectivity index (χ0v) is 46.0. The minimum Gasteiger partial charge on any atom is -0.480 e. The number of ether oxygens (including phenoxy) is 2. The van der Waals surface area contributed by atoms with E-state index in [9.17, 15) is 64.4 Å². The van der Waals surface area contributed by atoms with Crippen LogP contribution in [-0.2, 0) is 33.4 Å². The highest BCUT2D eigenvalue weighted by Crippen LogP contribution is 2.18. The number of aromatic nitrogens is 10. The average molecular weight is 1140 g/mol. The molecule has 5 aromatic heterocycles. The molecule has 0 fully saturated rings. The van der Waals surface area contributed by atoms with Gasteiger partial charge in [0.05, 0.1) is 37.8 Å². The summed E-state index contributed by atoms with van der Waals surface area (Å²) in [5.74, 6) is -1.93. The summed E-state index contributed by atoms with van der Waals surface area (Å²) >= 11 is 3.12. The predicted molar refractivity (Wildman–Crippen MR) is 272 cm³/mol. The van der Waals surface area contributed by atoms with Crippen molar-refractivity contribution >= 4 is 74.1 Å². The second kappa shape index (κ2) is 30.5. The van der Waals surface area contributed by atoms with Crippen LogP contribution in [0.5, 0.6) is 0 Å². The van der Waals surface area contributed by atoms with Gasteiger partial charge in [-0.15, -0.1) is 0 Å². The molecule has 0 bridgehead atoms. The number of esters is 2. The van der Waals surface area contributed by atoms with Gasteiger partial charge >= 0.3 is 40.7 Å². The summed E-state index contributed by atoms with van der Waals surface area (Å²) in [6, 6.07) is -2.42. The molecule has 33 nitrogen and oxygen atoms in total. The van der Waals surface area contributed by atoms with Gasteiger partial charge in [-0.05, 0) is 76.2 Å². The van der Waals surface area contributed by atoms with Gasteiger partial charge in [0.2, 0.25) is 11.8 Å². The Morgan fingerprint density at radius 3 is 1.14 bits per heavy atom. The number of rotatable bonds is 13. The third-order valence-electron chi connectivity index (χ3n) is 8.73. The maximum absolute atomic E-state index is 11.7. The first kappa shape index (κ1) is 67.3. The number of aliphatic carboxylic acids is 1. The number of aromatic amines is 1. The van der Waals surface area contributed by atoms with E-state index in [0.29, 0.717) is 5.69 Å². The van der Waals surface area contributed by atoms with Crippen LogP contribution in [0.1, 0.15) is 100 Å². The number of carboxylic acids is 1. The Labute approximate surface area is 443 Å². The molecule has 5 heterocycles. The monoisotopic (exact) mass is 1140 g/mol.